The number of aromatic amines is 1. The van der Waals surface area contributed by atoms with E-state index < -0.39 is 0 Å². The number of pyridine rings is 1. The maximum absolute atomic E-state index is 12.7. The molecular weight excluding hydrogens is 336 g/mol. The average Bonchev–Trinajstić information content (AvgIpc) is 3.22. The minimum Gasteiger partial charge on any atom is -0.341 e. The number of imidazole rings is 1. The van der Waals surface area contributed by atoms with Crippen molar-refractivity contribution in [2.24, 2.45) is 0 Å². The van der Waals surface area contributed by atoms with Crippen LogP contribution in [0.2, 0.25) is 0 Å². The van der Waals surface area contributed by atoms with Crippen molar-refractivity contribution in [1.82, 2.24) is 20.3 Å². The quantitative estimate of drug-likeness (QED) is 0.553. The number of carbonyl (C=O) groups excluding carboxylic acids is 1. The first kappa shape index (κ1) is 17.0. The van der Waals surface area contributed by atoms with Gasteiger partial charge >= 0.3 is 0 Å². The molecule has 2 aromatic heterocycles. The van der Waals surface area contributed by atoms with E-state index in [1.165, 1.54) is 0 Å². The van der Waals surface area contributed by atoms with Gasteiger partial charge in [0.2, 0.25) is 0 Å². The Morgan fingerprint density at radius 1 is 1.04 bits per heavy atom. The lowest BCUT2D eigenvalue weighted by atomic mass is 10.1. The highest BCUT2D eigenvalue weighted by molar-refractivity contribution is 5.95. The Morgan fingerprint density at radius 3 is 2.63 bits per heavy atom. The van der Waals surface area contributed by atoms with E-state index in [4.69, 9.17) is 0 Å². The van der Waals surface area contributed by atoms with E-state index in [2.05, 4.69) is 20.3 Å². The van der Waals surface area contributed by atoms with Crippen LogP contribution in [0.3, 0.4) is 0 Å². The molecule has 0 saturated carbocycles. The number of nitrogens with zero attached hydrogens (tertiary/aromatic N) is 2. The molecule has 5 nitrogen and oxygen atoms in total. The fourth-order valence-corrected chi connectivity index (χ4v) is 3.07. The number of nitrogens with one attached hydrogen (secondary N) is 2. The highest BCUT2D eigenvalue weighted by Crippen LogP contribution is 2.21. The highest BCUT2D eigenvalue weighted by Gasteiger charge is 2.18. The van der Waals surface area contributed by atoms with Crippen LogP contribution in [-0.2, 0) is 0 Å². The zero-order valence-corrected chi connectivity index (χ0v) is 15.0. The van der Waals surface area contributed by atoms with E-state index in [-0.39, 0.29) is 11.9 Å². The van der Waals surface area contributed by atoms with Gasteiger partial charge in [0.1, 0.15) is 11.5 Å². The zero-order chi connectivity index (χ0) is 18.6. The second-order valence-corrected chi connectivity index (χ2v) is 6.37. The third-order valence-electron chi connectivity index (χ3n) is 4.55. The summed E-state index contributed by atoms with van der Waals surface area (Å²) in [6, 6.07) is 21.2. The summed E-state index contributed by atoms with van der Waals surface area (Å²) in [7, 11) is 0. The van der Waals surface area contributed by atoms with Crippen molar-refractivity contribution in [3.05, 3.63) is 84.4 Å². The molecule has 0 spiro atoms. The van der Waals surface area contributed by atoms with Gasteiger partial charge in [-0.15, -0.1) is 0 Å². The Balaban J connectivity index is 1.54. The molecule has 1 unspecified atom stereocenters. The van der Waals surface area contributed by atoms with E-state index in [1.807, 2.05) is 67.6 Å². The Labute approximate surface area is 157 Å². The van der Waals surface area contributed by atoms with Gasteiger partial charge in [0.15, 0.2) is 0 Å². The third-order valence-corrected chi connectivity index (χ3v) is 4.55. The highest BCUT2D eigenvalue weighted by atomic mass is 16.1. The molecule has 1 amide bonds. The molecule has 0 aliphatic rings. The van der Waals surface area contributed by atoms with Crippen LogP contribution in [0, 0.1) is 0 Å². The summed E-state index contributed by atoms with van der Waals surface area (Å²) in [6.07, 6.45) is 2.52. The molecule has 1 atom stereocenters. The maximum atomic E-state index is 12.7. The van der Waals surface area contributed by atoms with Crippen molar-refractivity contribution >= 4 is 16.8 Å². The van der Waals surface area contributed by atoms with Gasteiger partial charge in [-0.3, -0.25) is 4.79 Å². The minimum atomic E-state index is -0.205. The molecule has 0 bridgehead atoms. The molecule has 0 fully saturated rings. The van der Waals surface area contributed by atoms with Crippen LogP contribution >= 0.6 is 0 Å². The first-order valence-electron chi connectivity index (χ1n) is 9.01. The molecule has 5 heteroatoms. The monoisotopic (exact) mass is 356 g/mol. The summed E-state index contributed by atoms with van der Waals surface area (Å²) in [5.41, 5.74) is 3.21. The van der Waals surface area contributed by atoms with Gasteiger partial charge < -0.3 is 10.3 Å². The van der Waals surface area contributed by atoms with Gasteiger partial charge in [0.05, 0.1) is 23.4 Å². The Hall–Kier alpha value is -3.47. The molecular formula is C22H20N4O. The van der Waals surface area contributed by atoms with Gasteiger partial charge in [-0.25, -0.2) is 9.97 Å². The Kier molecular flexibility index (Phi) is 4.66. The third kappa shape index (κ3) is 3.58. The number of para-hydroxylation sites is 1. The van der Waals surface area contributed by atoms with Crippen LogP contribution in [-0.4, -0.2) is 20.9 Å². The summed E-state index contributed by atoms with van der Waals surface area (Å²) < 4.78 is 0. The van der Waals surface area contributed by atoms with E-state index >= 15 is 0 Å². The van der Waals surface area contributed by atoms with Crippen LogP contribution in [0.15, 0.2) is 72.9 Å². The lowest BCUT2D eigenvalue weighted by Gasteiger charge is -2.14. The summed E-state index contributed by atoms with van der Waals surface area (Å²) in [6.45, 7) is 2.02. The Bertz CT molecular complexity index is 1070. The van der Waals surface area contributed by atoms with E-state index in [0.717, 1.165) is 34.4 Å². The minimum absolute atomic E-state index is 0.203. The molecule has 4 rings (SSSR count). The number of aromatic nitrogens is 3. The van der Waals surface area contributed by atoms with E-state index in [0.29, 0.717) is 5.69 Å². The number of hydrogen-bond donors (Lipinski definition) is 2. The molecule has 2 aromatic carbocycles. The molecule has 134 valence electrons. The van der Waals surface area contributed by atoms with Crippen LogP contribution in [0.5, 0.6) is 0 Å². The second kappa shape index (κ2) is 7.41. The number of amides is 1. The summed E-state index contributed by atoms with van der Waals surface area (Å²) >= 11 is 0. The molecule has 2 heterocycles. The summed E-state index contributed by atoms with van der Waals surface area (Å²) in [5.74, 6) is 0.538. The van der Waals surface area contributed by atoms with Crippen molar-refractivity contribution in [3.8, 4) is 11.3 Å². The van der Waals surface area contributed by atoms with Crippen LogP contribution in [0.4, 0.5) is 0 Å². The number of carbonyl (C=O) groups is 1. The lowest BCUT2D eigenvalue weighted by Crippen LogP contribution is -2.29. The predicted octanol–water partition coefficient (Wildman–Crippen LogP) is 4.51. The number of fused-ring (bicyclic) bond motifs is 1. The first-order chi connectivity index (χ1) is 13.2. The lowest BCUT2D eigenvalue weighted by molar-refractivity contribution is 0.0929. The maximum Gasteiger partial charge on any atom is 0.270 e. The molecule has 0 aliphatic carbocycles. The Morgan fingerprint density at radius 2 is 1.81 bits per heavy atom. The van der Waals surface area contributed by atoms with Gasteiger partial charge in [-0.2, -0.15) is 0 Å². The average molecular weight is 356 g/mol. The van der Waals surface area contributed by atoms with Crippen molar-refractivity contribution in [3.63, 3.8) is 0 Å². The number of hydrogen-bond acceptors (Lipinski definition) is 3. The molecule has 0 aliphatic heterocycles. The molecule has 2 N–H and O–H groups in total. The summed E-state index contributed by atoms with van der Waals surface area (Å²) in [4.78, 5) is 24.9. The predicted molar refractivity (Wildman–Crippen MR) is 106 cm³/mol. The SMILES string of the molecule is CCC(NC(=O)c1ccc2ccccc2n1)c1ncc(-c2ccccc2)[nH]1. The largest absolute Gasteiger partial charge is 0.341 e. The topological polar surface area (TPSA) is 70.7 Å². The van der Waals surface area contributed by atoms with Crippen molar-refractivity contribution < 1.29 is 4.79 Å². The molecule has 0 saturated heterocycles. The number of rotatable bonds is 5. The molecule has 27 heavy (non-hydrogen) atoms. The number of benzene rings is 2. The van der Waals surface area contributed by atoms with Crippen molar-refractivity contribution in [2.45, 2.75) is 19.4 Å². The van der Waals surface area contributed by atoms with Crippen LogP contribution in [0.1, 0.15) is 35.7 Å². The van der Waals surface area contributed by atoms with Crippen LogP contribution in [0.25, 0.3) is 22.2 Å². The fraction of sp³-hybridized carbons (Fsp3) is 0.136. The second-order valence-electron chi connectivity index (χ2n) is 6.37. The normalized spacial score (nSPS) is 12.0. The van der Waals surface area contributed by atoms with Crippen molar-refractivity contribution in [1.29, 1.82) is 0 Å². The summed E-state index contributed by atoms with van der Waals surface area (Å²) in [5, 5.41) is 4.05. The van der Waals surface area contributed by atoms with Gasteiger partial charge in [-0.05, 0) is 24.1 Å². The van der Waals surface area contributed by atoms with Gasteiger partial charge in [0.25, 0.3) is 5.91 Å². The van der Waals surface area contributed by atoms with E-state index in [1.54, 1.807) is 12.3 Å². The fourth-order valence-electron chi connectivity index (χ4n) is 3.07. The molecule has 0 radical (unpaired) electrons. The van der Waals surface area contributed by atoms with Gasteiger partial charge in [0, 0.05) is 5.39 Å². The van der Waals surface area contributed by atoms with Crippen LogP contribution < -0.4 is 5.32 Å². The van der Waals surface area contributed by atoms with Crippen molar-refractivity contribution in [2.75, 3.05) is 0 Å². The first-order valence-corrected chi connectivity index (χ1v) is 9.01. The van der Waals surface area contributed by atoms with Gasteiger partial charge in [-0.1, -0.05) is 61.5 Å². The number of H-pyrrole nitrogens is 1. The zero-order valence-electron chi connectivity index (χ0n) is 15.0. The molecule has 4 aromatic rings. The standard InChI is InChI=1S/C22H20N4O/c1-2-17(21-23-14-20(25-21)15-8-4-3-5-9-15)26-22(27)19-13-12-16-10-6-7-11-18(16)24-19/h3-14,17H,2H2,1H3,(H,23,25)(H,26,27). The smallest absolute Gasteiger partial charge is 0.270 e. The van der Waals surface area contributed by atoms with E-state index in [9.17, 15) is 4.79 Å².